The normalized spacial score (nSPS) is 10.4. The molecule has 2 aromatic rings. The highest BCUT2D eigenvalue weighted by Gasteiger charge is 2.02. The van der Waals surface area contributed by atoms with Crippen molar-refractivity contribution in [1.82, 2.24) is 9.97 Å². The summed E-state index contributed by atoms with van der Waals surface area (Å²) in [6.45, 7) is 1.53. The van der Waals surface area contributed by atoms with E-state index in [0.29, 0.717) is 11.2 Å². The first kappa shape index (κ1) is 7.36. The third-order valence-electron chi connectivity index (χ3n) is 1.59. The molecule has 0 amide bonds. The van der Waals surface area contributed by atoms with Gasteiger partial charge in [-0.25, -0.2) is 9.97 Å². The van der Waals surface area contributed by atoms with Crippen LogP contribution in [0.4, 0.5) is 0 Å². The number of ketones is 1. The van der Waals surface area contributed by atoms with Crippen molar-refractivity contribution in [1.29, 1.82) is 0 Å². The van der Waals surface area contributed by atoms with Gasteiger partial charge in [-0.2, -0.15) is 0 Å². The average molecular weight is 178 g/mol. The van der Waals surface area contributed by atoms with E-state index in [4.69, 9.17) is 0 Å². The maximum atomic E-state index is 11.0. The number of fused-ring (bicyclic) bond motifs is 1. The summed E-state index contributed by atoms with van der Waals surface area (Å²) in [5, 5.41) is 0. The van der Waals surface area contributed by atoms with Crippen LogP contribution in [0.15, 0.2) is 17.8 Å². The standard InChI is InChI=1S/C8H6N2OS/c1-5(11)6-2-7-8(9-3-6)10-4-12-7/h2-4H,1H3. The van der Waals surface area contributed by atoms with E-state index in [1.807, 2.05) is 6.07 Å². The van der Waals surface area contributed by atoms with E-state index in [0.717, 1.165) is 4.70 Å². The molecule has 0 aliphatic heterocycles. The van der Waals surface area contributed by atoms with E-state index in [9.17, 15) is 4.79 Å². The number of Topliss-reactive ketones (excluding diaryl/α,β-unsaturated/α-hetero) is 1. The maximum absolute atomic E-state index is 11.0. The first-order chi connectivity index (χ1) is 5.77. The van der Waals surface area contributed by atoms with E-state index in [1.54, 1.807) is 11.7 Å². The second kappa shape index (κ2) is 2.64. The van der Waals surface area contributed by atoms with Crippen LogP contribution in [0.1, 0.15) is 17.3 Å². The molecular weight excluding hydrogens is 172 g/mol. The van der Waals surface area contributed by atoms with Gasteiger partial charge in [-0.05, 0) is 13.0 Å². The Hall–Kier alpha value is -1.29. The third-order valence-corrected chi connectivity index (χ3v) is 2.36. The summed E-state index contributed by atoms with van der Waals surface area (Å²) in [6, 6.07) is 1.82. The zero-order chi connectivity index (χ0) is 8.55. The molecule has 0 spiro atoms. The zero-order valence-electron chi connectivity index (χ0n) is 6.44. The van der Waals surface area contributed by atoms with Gasteiger partial charge in [-0.15, -0.1) is 11.3 Å². The number of hydrogen-bond acceptors (Lipinski definition) is 4. The second-order valence-corrected chi connectivity index (χ2v) is 3.34. The van der Waals surface area contributed by atoms with Crippen LogP contribution in [-0.2, 0) is 0 Å². The molecule has 2 heterocycles. The van der Waals surface area contributed by atoms with Crippen LogP contribution < -0.4 is 0 Å². The molecule has 60 valence electrons. The van der Waals surface area contributed by atoms with E-state index in [-0.39, 0.29) is 5.78 Å². The predicted octanol–water partition coefficient (Wildman–Crippen LogP) is 1.89. The minimum absolute atomic E-state index is 0.0396. The Bertz CT molecular complexity index is 435. The fraction of sp³-hybridized carbons (Fsp3) is 0.125. The Balaban J connectivity index is 2.68. The molecule has 0 aliphatic rings. The largest absolute Gasteiger partial charge is 0.294 e. The van der Waals surface area contributed by atoms with Gasteiger partial charge >= 0.3 is 0 Å². The van der Waals surface area contributed by atoms with Crippen molar-refractivity contribution < 1.29 is 4.79 Å². The van der Waals surface area contributed by atoms with Gasteiger partial charge in [0.1, 0.15) is 0 Å². The predicted molar refractivity (Wildman–Crippen MR) is 47.4 cm³/mol. The number of aromatic nitrogens is 2. The fourth-order valence-corrected chi connectivity index (χ4v) is 1.62. The van der Waals surface area contributed by atoms with Crippen LogP contribution in [-0.4, -0.2) is 15.8 Å². The molecule has 3 nitrogen and oxygen atoms in total. The molecule has 12 heavy (non-hydrogen) atoms. The molecule has 0 atom stereocenters. The lowest BCUT2D eigenvalue weighted by atomic mass is 10.2. The van der Waals surface area contributed by atoms with Gasteiger partial charge in [0.25, 0.3) is 0 Å². The molecular formula is C8H6N2OS. The lowest BCUT2D eigenvalue weighted by Gasteiger charge is -1.92. The van der Waals surface area contributed by atoms with Crippen LogP contribution in [0.3, 0.4) is 0 Å². The zero-order valence-corrected chi connectivity index (χ0v) is 7.26. The molecule has 0 aromatic carbocycles. The van der Waals surface area contributed by atoms with E-state index < -0.39 is 0 Å². The molecule has 0 fully saturated rings. The smallest absolute Gasteiger partial charge is 0.170 e. The minimum Gasteiger partial charge on any atom is -0.294 e. The highest BCUT2D eigenvalue weighted by Crippen LogP contribution is 2.16. The highest BCUT2D eigenvalue weighted by molar-refractivity contribution is 7.16. The molecule has 0 saturated carbocycles. The Morgan fingerprint density at radius 2 is 2.33 bits per heavy atom. The van der Waals surface area contributed by atoms with Gasteiger partial charge < -0.3 is 0 Å². The van der Waals surface area contributed by atoms with Crippen LogP contribution in [0.25, 0.3) is 10.3 Å². The molecule has 0 bridgehead atoms. The van der Waals surface area contributed by atoms with Gasteiger partial charge in [-0.3, -0.25) is 4.79 Å². The Morgan fingerprint density at radius 3 is 3.08 bits per heavy atom. The van der Waals surface area contributed by atoms with Crippen LogP contribution in [0.2, 0.25) is 0 Å². The van der Waals surface area contributed by atoms with E-state index in [2.05, 4.69) is 9.97 Å². The lowest BCUT2D eigenvalue weighted by Crippen LogP contribution is -1.92. The molecule has 0 saturated heterocycles. The highest BCUT2D eigenvalue weighted by atomic mass is 32.1. The second-order valence-electron chi connectivity index (χ2n) is 2.45. The summed E-state index contributed by atoms with van der Waals surface area (Å²) in [6.07, 6.45) is 1.56. The molecule has 0 radical (unpaired) electrons. The van der Waals surface area contributed by atoms with E-state index >= 15 is 0 Å². The van der Waals surface area contributed by atoms with Crippen molar-refractivity contribution in [3.8, 4) is 0 Å². The first-order valence-corrected chi connectivity index (χ1v) is 4.35. The Labute approximate surface area is 73.1 Å². The van der Waals surface area contributed by atoms with Crippen molar-refractivity contribution in [2.75, 3.05) is 0 Å². The topological polar surface area (TPSA) is 42.9 Å². The van der Waals surface area contributed by atoms with Gasteiger partial charge in [0.05, 0.1) is 10.2 Å². The first-order valence-electron chi connectivity index (χ1n) is 3.47. The summed E-state index contributed by atoms with van der Waals surface area (Å²) >= 11 is 1.49. The maximum Gasteiger partial charge on any atom is 0.170 e. The summed E-state index contributed by atoms with van der Waals surface area (Å²) in [4.78, 5) is 19.0. The Morgan fingerprint density at radius 1 is 1.50 bits per heavy atom. The number of rotatable bonds is 1. The van der Waals surface area contributed by atoms with Crippen LogP contribution >= 0.6 is 11.3 Å². The number of pyridine rings is 1. The lowest BCUT2D eigenvalue weighted by molar-refractivity contribution is 0.101. The average Bonchev–Trinajstić information content (AvgIpc) is 2.49. The van der Waals surface area contributed by atoms with Gasteiger partial charge in [0.2, 0.25) is 0 Å². The van der Waals surface area contributed by atoms with Crippen LogP contribution in [0, 0.1) is 0 Å². The van der Waals surface area contributed by atoms with Crippen molar-refractivity contribution in [3.63, 3.8) is 0 Å². The van der Waals surface area contributed by atoms with Crippen molar-refractivity contribution in [2.45, 2.75) is 6.92 Å². The summed E-state index contributed by atoms with van der Waals surface area (Å²) in [5.41, 5.74) is 3.08. The summed E-state index contributed by atoms with van der Waals surface area (Å²) in [7, 11) is 0. The minimum atomic E-state index is 0.0396. The monoisotopic (exact) mass is 178 g/mol. The van der Waals surface area contributed by atoms with Crippen molar-refractivity contribution in [2.24, 2.45) is 0 Å². The van der Waals surface area contributed by atoms with Crippen molar-refractivity contribution >= 4 is 27.5 Å². The fourth-order valence-electron chi connectivity index (χ4n) is 0.947. The number of carbonyl (C=O) groups excluding carboxylic acids is 1. The molecule has 4 heteroatoms. The summed E-state index contributed by atoms with van der Waals surface area (Å²) < 4.78 is 0.961. The number of hydrogen-bond donors (Lipinski definition) is 0. The van der Waals surface area contributed by atoms with Crippen molar-refractivity contribution in [3.05, 3.63) is 23.3 Å². The number of carbonyl (C=O) groups is 1. The van der Waals surface area contributed by atoms with Gasteiger partial charge in [0, 0.05) is 11.8 Å². The number of thiazole rings is 1. The quantitative estimate of drug-likeness (QED) is 0.626. The van der Waals surface area contributed by atoms with E-state index in [1.165, 1.54) is 18.3 Å². The molecule has 0 unspecified atom stereocenters. The van der Waals surface area contributed by atoms with Gasteiger partial charge in [-0.1, -0.05) is 0 Å². The molecule has 2 aromatic heterocycles. The molecule has 0 aliphatic carbocycles. The SMILES string of the molecule is CC(=O)c1cnc2ncsc2c1. The van der Waals surface area contributed by atoms with Crippen LogP contribution in [0.5, 0.6) is 0 Å². The third kappa shape index (κ3) is 1.10. The van der Waals surface area contributed by atoms with Gasteiger partial charge in [0.15, 0.2) is 11.4 Å². The summed E-state index contributed by atoms with van der Waals surface area (Å²) in [5.74, 6) is 0.0396. The molecule has 0 N–H and O–H groups in total. The molecule has 2 rings (SSSR count). The Kier molecular flexibility index (Phi) is 1.62. The number of nitrogens with zero attached hydrogens (tertiary/aromatic N) is 2.